The normalized spacial score (nSPS) is 11.7. The number of nitrogens with zero attached hydrogens (tertiary/aromatic N) is 2. The molecular weight excluding hydrogens is 388 g/mol. The van der Waals surface area contributed by atoms with Crippen LogP contribution in [0.3, 0.4) is 0 Å². The number of benzene rings is 2. The van der Waals surface area contributed by atoms with Gasteiger partial charge in [0.2, 0.25) is 5.96 Å². The van der Waals surface area contributed by atoms with Crippen LogP contribution in [0.1, 0.15) is 42.3 Å². The molecular formula is C25H28N4O2. The van der Waals surface area contributed by atoms with Crippen molar-refractivity contribution < 1.29 is 9.53 Å². The summed E-state index contributed by atoms with van der Waals surface area (Å²) in [6.07, 6.45) is 3.46. The van der Waals surface area contributed by atoms with Crippen LogP contribution in [0.2, 0.25) is 0 Å². The minimum absolute atomic E-state index is 0.0270. The van der Waals surface area contributed by atoms with Crippen LogP contribution in [0, 0.1) is 0 Å². The van der Waals surface area contributed by atoms with Crippen molar-refractivity contribution in [2.24, 2.45) is 4.99 Å². The summed E-state index contributed by atoms with van der Waals surface area (Å²) < 4.78 is 5.28. The number of pyridine rings is 1. The summed E-state index contributed by atoms with van der Waals surface area (Å²) in [6.45, 7) is 6.80. The molecule has 0 spiro atoms. The van der Waals surface area contributed by atoms with Gasteiger partial charge in [0.15, 0.2) is 0 Å². The minimum Gasteiger partial charge on any atom is -0.497 e. The van der Waals surface area contributed by atoms with Crippen LogP contribution in [0.4, 0.5) is 5.69 Å². The van der Waals surface area contributed by atoms with Gasteiger partial charge in [0, 0.05) is 29.7 Å². The van der Waals surface area contributed by atoms with Crippen LogP contribution < -0.4 is 15.4 Å². The van der Waals surface area contributed by atoms with Crippen molar-refractivity contribution in [3.05, 3.63) is 89.7 Å². The molecule has 0 fully saturated rings. The predicted octanol–water partition coefficient (Wildman–Crippen LogP) is 4.79. The fourth-order valence-corrected chi connectivity index (χ4v) is 2.91. The Hall–Kier alpha value is -3.67. The first-order valence-corrected chi connectivity index (χ1v) is 10.1. The van der Waals surface area contributed by atoms with Gasteiger partial charge in [-0.05, 0) is 46.9 Å². The van der Waals surface area contributed by atoms with E-state index in [1.807, 2.05) is 60.7 Å². The first kappa shape index (κ1) is 22.0. The lowest BCUT2D eigenvalue weighted by Gasteiger charge is -2.19. The Kier molecular flexibility index (Phi) is 7.03. The van der Waals surface area contributed by atoms with Crippen molar-refractivity contribution in [1.29, 1.82) is 0 Å². The molecule has 2 aromatic carbocycles. The van der Waals surface area contributed by atoms with Crippen LogP contribution in [-0.4, -0.2) is 24.0 Å². The van der Waals surface area contributed by atoms with Crippen molar-refractivity contribution in [1.82, 2.24) is 10.3 Å². The molecule has 1 amide bonds. The van der Waals surface area contributed by atoms with Crippen molar-refractivity contribution in [3.8, 4) is 5.75 Å². The molecule has 6 nitrogen and oxygen atoms in total. The van der Waals surface area contributed by atoms with E-state index >= 15 is 0 Å². The molecule has 160 valence electrons. The van der Waals surface area contributed by atoms with Crippen LogP contribution in [0.25, 0.3) is 0 Å². The summed E-state index contributed by atoms with van der Waals surface area (Å²) in [7, 11) is 1.61. The van der Waals surface area contributed by atoms with E-state index in [4.69, 9.17) is 4.74 Å². The van der Waals surface area contributed by atoms with Gasteiger partial charge < -0.3 is 10.1 Å². The fraction of sp³-hybridized carbons (Fsp3) is 0.240. The zero-order valence-corrected chi connectivity index (χ0v) is 18.3. The van der Waals surface area contributed by atoms with Crippen LogP contribution in [0.15, 0.2) is 78.0 Å². The molecule has 0 aliphatic carbocycles. The Bertz CT molecular complexity index is 1040. The van der Waals surface area contributed by atoms with E-state index in [0.717, 1.165) is 11.3 Å². The van der Waals surface area contributed by atoms with Gasteiger partial charge in [0.25, 0.3) is 5.91 Å². The predicted molar refractivity (Wildman–Crippen MR) is 125 cm³/mol. The number of hydrogen-bond acceptors (Lipinski definition) is 4. The van der Waals surface area contributed by atoms with Gasteiger partial charge in [-0.1, -0.05) is 45.0 Å². The Labute approximate surface area is 183 Å². The summed E-state index contributed by atoms with van der Waals surface area (Å²) in [5.74, 6) is 0.823. The van der Waals surface area contributed by atoms with E-state index in [9.17, 15) is 4.79 Å². The molecule has 3 aromatic rings. The summed E-state index contributed by atoms with van der Waals surface area (Å²) in [6, 6.07) is 18.9. The molecule has 0 saturated carbocycles. The molecule has 0 radical (unpaired) electrons. The Balaban J connectivity index is 1.80. The van der Waals surface area contributed by atoms with Gasteiger partial charge in [-0.25, -0.2) is 4.99 Å². The third kappa shape index (κ3) is 6.40. The average molecular weight is 417 g/mol. The molecule has 6 heteroatoms. The second kappa shape index (κ2) is 9.89. The van der Waals surface area contributed by atoms with Gasteiger partial charge >= 0.3 is 0 Å². The summed E-state index contributed by atoms with van der Waals surface area (Å²) >= 11 is 0. The molecule has 1 heterocycles. The first-order valence-electron chi connectivity index (χ1n) is 10.1. The second-order valence-corrected chi connectivity index (χ2v) is 8.16. The first-order chi connectivity index (χ1) is 14.8. The Morgan fingerprint density at radius 3 is 2.48 bits per heavy atom. The largest absolute Gasteiger partial charge is 0.497 e. The summed E-state index contributed by atoms with van der Waals surface area (Å²) in [5, 5.41) is 6.06. The molecule has 3 rings (SSSR count). The maximum absolute atomic E-state index is 12.9. The highest BCUT2D eigenvalue weighted by atomic mass is 16.5. The Morgan fingerprint density at radius 1 is 1.06 bits per heavy atom. The number of anilines is 1. The topological polar surface area (TPSA) is 75.6 Å². The SMILES string of the molecule is COc1cccc(NC(=NCc2cccnc2)NC(=O)c2ccc(C(C)(C)C)cc2)c1. The van der Waals surface area contributed by atoms with E-state index in [1.54, 1.807) is 19.5 Å². The molecule has 0 bridgehead atoms. The maximum Gasteiger partial charge on any atom is 0.257 e. The van der Waals surface area contributed by atoms with Crippen molar-refractivity contribution in [2.45, 2.75) is 32.7 Å². The summed E-state index contributed by atoms with van der Waals surface area (Å²) in [5.41, 5.74) is 3.46. The van der Waals surface area contributed by atoms with Crippen LogP contribution >= 0.6 is 0 Å². The smallest absolute Gasteiger partial charge is 0.257 e. The fourth-order valence-electron chi connectivity index (χ4n) is 2.91. The molecule has 1 aromatic heterocycles. The van der Waals surface area contributed by atoms with E-state index < -0.39 is 0 Å². The highest BCUT2D eigenvalue weighted by molar-refractivity contribution is 6.10. The van der Waals surface area contributed by atoms with Crippen LogP contribution in [-0.2, 0) is 12.0 Å². The van der Waals surface area contributed by atoms with Gasteiger partial charge in [-0.3, -0.25) is 15.1 Å². The number of nitrogens with one attached hydrogen (secondary N) is 2. The lowest BCUT2D eigenvalue weighted by atomic mass is 9.87. The molecule has 0 unspecified atom stereocenters. The average Bonchev–Trinajstić information content (AvgIpc) is 2.78. The van der Waals surface area contributed by atoms with Gasteiger partial charge in [-0.2, -0.15) is 0 Å². The molecule has 0 saturated heterocycles. The van der Waals surface area contributed by atoms with Crippen LogP contribution in [0.5, 0.6) is 5.75 Å². The van der Waals surface area contributed by atoms with E-state index in [0.29, 0.717) is 23.8 Å². The van der Waals surface area contributed by atoms with Crippen molar-refractivity contribution >= 4 is 17.6 Å². The van der Waals surface area contributed by atoms with Gasteiger partial charge in [0.1, 0.15) is 5.75 Å². The zero-order chi connectivity index (χ0) is 22.3. The van der Waals surface area contributed by atoms with Gasteiger partial charge in [-0.15, -0.1) is 0 Å². The third-order valence-electron chi connectivity index (χ3n) is 4.72. The Morgan fingerprint density at radius 2 is 1.84 bits per heavy atom. The number of amides is 1. The van der Waals surface area contributed by atoms with Crippen molar-refractivity contribution in [3.63, 3.8) is 0 Å². The monoisotopic (exact) mass is 416 g/mol. The molecule has 0 aliphatic heterocycles. The van der Waals surface area contributed by atoms with E-state index in [2.05, 4.69) is 41.4 Å². The number of carbonyl (C=O) groups is 1. The van der Waals surface area contributed by atoms with Crippen molar-refractivity contribution in [2.75, 3.05) is 12.4 Å². The van der Waals surface area contributed by atoms with Gasteiger partial charge in [0.05, 0.1) is 13.7 Å². The number of hydrogen-bond donors (Lipinski definition) is 2. The second-order valence-electron chi connectivity index (χ2n) is 8.16. The zero-order valence-electron chi connectivity index (χ0n) is 18.3. The maximum atomic E-state index is 12.9. The number of guanidine groups is 1. The standard InChI is InChI=1S/C25H28N4O2/c1-25(2,3)20-12-10-19(11-13-20)23(30)29-24(27-17-18-7-6-14-26-16-18)28-21-8-5-9-22(15-21)31-4/h5-16H,17H2,1-4H3,(H2,27,28,29,30). The number of ether oxygens (including phenoxy) is 1. The minimum atomic E-state index is -0.235. The highest BCUT2D eigenvalue weighted by Gasteiger charge is 2.15. The number of aliphatic imine (C=N–C) groups is 1. The molecule has 0 atom stereocenters. The molecule has 31 heavy (non-hydrogen) atoms. The molecule has 2 N–H and O–H groups in total. The third-order valence-corrected chi connectivity index (χ3v) is 4.72. The quantitative estimate of drug-likeness (QED) is 0.463. The number of rotatable bonds is 5. The van der Waals surface area contributed by atoms with E-state index in [-0.39, 0.29) is 11.3 Å². The lowest BCUT2D eigenvalue weighted by molar-refractivity contribution is 0.0977. The number of methoxy groups -OCH3 is 1. The number of carbonyl (C=O) groups excluding carboxylic acids is 1. The highest BCUT2D eigenvalue weighted by Crippen LogP contribution is 2.22. The van der Waals surface area contributed by atoms with E-state index in [1.165, 1.54) is 5.56 Å². The number of aromatic nitrogens is 1. The summed E-state index contributed by atoms with van der Waals surface area (Å²) in [4.78, 5) is 21.5. The molecule has 0 aliphatic rings. The lowest BCUT2D eigenvalue weighted by Crippen LogP contribution is -2.36.